The summed E-state index contributed by atoms with van der Waals surface area (Å²) in [7, 11) is 0. The molecular weight excluding hydrogens is 353 g/mol. The van der Waals surface area contributed by atoms with Crippen molar-refractivity contribution in [1.82, 2.24) is 9.88 Å². The maximum atomic E-state index is 13.8. The molecule has 28 heavy (non-hydrogen) atoms. The van der Waals surface area contributed by atoms with Crippen LogP contribution < -0.4 is 10.5 Å². The minimum absolute atomic E-state index is 0.147. The Balaban J connectivity index is 1.30. The number of hydrogen-bond donors (Lipinski definition) is 1. The summed E-state index contributed by atoms with van der Waals surface area (Å²) in [6.07, 6.45) is 1.75. The molecule has 0 spiro atoms. The van der Waals surface area contributed by atoms with Gasteiger partial charge in [-0.15, -0.1) is 0 Å². The molecule has 0 aliphatic carbocycles. The van der Waals surface area contributed by atoms with E-state index < -0.39 is 5.82 Å². The molecule has 1 aromatic heterocycles. The maximum absolute atomic E-state index is 13.8. The highest BCUT2D eigenvalue weighted by molar-refractivity contribution is 5.82. The Labute approximate surface area is 164 Å². The van der Waals surface area contributed by atoms with Crippen molar-refractivity contribution in [2.75, 3.05) is 37.6 Å². The lowest BCUT2D eigenvalue weighted by Crippen LogP contribution is -2.46. The number of pyridine rings is 1. The number of benzene rings is 2. The molecule has 1 aliphatic rings. The number of anilines is 1. The Hall–Kier alpha value is -2.66. The lowest BCUT2D eigenvalue weighted by atomic mass is 10.1. The second-order valence-electron chi connectivity index (χ2n) is 7.43. The van der Waals surface area contributed by atoms with Crippen LogP contribution in [0.4, 0.5) is 10.1 Å². The van der Waals surface area contributed by atoms with Gasteiger partial charge in [0, 0.05) is 37.6 Å². The van der Waals surface area contributed by atoms with E-state index in [-0.39, 0.29) is 10.9 Å². The average molecular weight is 378 g/mol. The van der Waals surface area contributed by atoms with Crippen LogP contribution in [0.1, 0.15) is 17.7 Å². The summed E-state index contributed by atoms with van der Waals surface area (Å²) >= 11 is 0. The summed E-state index contributed by atoms with van der Waals surface area (Å²) in [4.78, 5) is 19.9. The molecule has 1 radical (unpaired) electrons. The van der Waals surface area contributed by atoms with E-state index in [0.717, 1.165) is 56.8 Å². The minimum atomic E-state index is -0.465. The number of rotatable bonds is 5. The van der Waals surface area contributed by atoms with Crippen molar-refractivity contribution in [2.24, 2.45) is 0 Å². The third-order valence-corrected chi connectivity index (χ3v) is 5.47. The summed E-state index contributed by atoms with van der Waals surface area (Å²) in [6.45, 7) is 9.03. The Bertz CT molecular complexity index is 1000. The Morgan fingerprint density at radius 3 is 2.54 bits per heavy atom. The quantitative estimate of drug-likeness (QED) is 0.737. The lowest BCUT2D eigenvalue weighted by molar-refractivity contribution is 0.255. The molecule has 1 saturated heterocycles. The number of nitrogens with one attached hydrogen (secondary N) is 1. The molecule has 1 N–H and O–H groups in total. The molecule has 0 amide bonds. The Kier molecular flexibility index (Phi) is 5.44. The molecule has 2 heterocycles. The van der Waals surface area contributed by atoms with Gasteiger partial charge in [0.15, 0.2) is 0 Å². The molecule has 1 aliphatic heterocycles. The van der Waals surface area contributed by atoms with Crippen molar-refractivity contribution in [3.05, 3.63) is 82.9 Å². The minimum Gasteiger partial charge on any atom is -0.369 e. The SMILES string of the molecule is [CH2]c1ccc(N2CCN(CCCc3cc4cccc(F)c4c(=O)[nH]3)CC2)cc1. The number of piperazine rings is 1. The third-order valence-electron chi connectivity index (χ3n) is 5.47. The van der Waals surface area contributed by atoms with Crippen LogP contribution in [0.15, 0.2) is 53.3 Å². The van der Waals surface area contributed by atoms with Crippen LogP contribution in [-0.2, 0) is 6.42 Å². The number of halogens is 1. The van der Waals surface area contributed by atoms with Crippen molar-refractivity contribution >= 4 is 16.5 Å². The monoisotopic (exact) mass is 378 g/mol. The van der Waals surface area contributed by atoms with Gasteiger partial charge in [-0.1, -0.05) is 24.3 Å². The van der Waals surface area contributed by atoms with Crippen LogP contribution in [0.3, 0.4) is 0 Å². The van der Waals surface area contributed by atoms with Gasteiger partial charge in [-0.2, -0.15) is 0 Å². The largest absolute Gasteiger partial charge is 0.369 e. The number of nitrogens with zero attached hydrogens (tertiary/aromatic N) is 2. The van der Waals surface area contributed by atoms with Crippen LogP contribution in [-0.4, -0.2) is 42.6 Å². The highest BCUT2D eigenvalue weighted by atomic mass is 19.1. The number of aromatic nitrogens is 1. The van der Waals surface area contributed by atoms with E-state index in [1.165, 1.54) is 11.8 Å². The molecule has 0 saturated carbocycles. The predicted octanol–water partition coefficient (Wildman–Crippen LogP) is 3.60. The van der Waals surface area contributed by atoms with Gasteiger partial charge < -0.3 is 9.88 Å². The second kappa shape index (κ2) is 8.15. The van der Waals surface area contributed by atoms with Gasteiger partial charge in [-0.25, -0.2) is 4.39 Å². The summed E-state index contributed by atoms with van der Waals surface area (Å²) in [5.74, 6) is -0.465. The van der Waals surface area contributed by atoms with Crippen LogP contribution >= 0.6 is 0 Å². The first-order valence-corrected chi connectivity index (χ1v) is 9.80. The zero-order chi connectivity index (χ0) is 19.5. The lowest BCUT2D eigenvalue weighted by Gasteiger charge is -2.36. The van der Waals surface area contributed by atoms with Gasteiger partial charge in [-0.3, -0.25) is 9.69 Å². The molecule has 5 heteroatoms. The maximum Gasteiger partial charge on any atom is 0.258 e. The van der Waals surface area contributed by atoms with Crippen molar-refractivity contribution in [1.29, 1.82) is 0 Å². The van der Waals surface area contributed by atoms with Gasteiger partial charge in [0.2, 0.25) is 0 Å². The van der Waals surface area contributed by atoms with Gasteiger partial charge in [0.05, 0.1) is 5.39 Å². The molecule has 0 atom stereocenters. The van der Waals surface area contributed by atoms with E-state index in [9.17, 15) is 9.18 Å². The second-order valence-corrected chi connectivity index (χ2v) is 7.43. The molecule has 145 valence electrons. The molecule has 4 nitrogen and oxygen atoms in total. The fourth-order valence-electron chi connectivity index (χ4n) is 3.90. The molecule has 1 fully saturated rings. The fraction of sp³-hybridized carbons (Fsp3) is 0.304. The topological polar surface area (TPSA) is 39.3 Å². The Morgan fingerprint density at radius 1 is 1.04 bits per heavy atom. The molecule has 0 bridgehead atoms. The molecular formula is C23H25FN3O. The average Bonchev–Trinajstić information content (AvgIpc) is 2.69. The van der Waals surface area contributed by atoms with E-state index in [1.54, 1.807) is 12.1 Å². The van der Waals surface area contributed by atoms with Crippen LogP contribution in [0.5, 0.6) is 0 Å². The standard InChI is InChI=1S/C23H25FN3O/c1-17-7-9-20(10-8-17)27-14-12-26(13-15-27)11-3-5-19-16-18-4-2-6-21(24)22(18)23(28)25-19/h2,4,6-10,16H,1,3,5,11-15H2,(H,25,28). The van der Waals surface area contributed by atoms with Crippen LogP contribution in [0.2, 0.25) is 0 Å². The van der Waals surface area contributed by atoms with Gasteiger partial charge in [-0.05, 0) is 61.5 Å². The first kappa shape index (κ1) is 18.7. The molecule has 4 rings (SSSR count). The van der Waals surface area contributed by atoms with Crippen molar-refractivity contribution < 1.29 is 4.39 Å². The zero-order valence-corrected chi connectivity index (χ0v) is 16.0. The summed E-state index contributed by atoms with van der Waals surface area (Å²) < 4.78 is 13.8. The smallest absolute Gasteiger partial charge is 0.258 e. The van der Waals surface area contributed by atoms with Gasteiger partial charge >= 0.3 is 0 Å². The summed E-state index contributed by atoms with van der Waals surface area (Å²) in [5, 5.41) is 0.815. The third kappa shape index (κ3) is 4.09. The number of aryl methyl sites for hydroxylation is 1. The van der Waals surface area contributed by atoms with Crippen molar-refractivity contribution in [2.45, 2.75) is 12.8 Å². The molecule has 0 unspecified atom stereocenters. The van der Waals surface area contributed by atoms with Crippen molar-refractivity contribution in [3.63, 3.8) is 0 Å². The predicted molar refractivity (Wildman–Crippen MR) is 112 cm³/mol. The Morgan fingerprint density at radius 2 is 1.79 bits per heavy atom. The number of aromatic amines is 1. The van der Waals surface area contributed by atoms with E-state index in [4.69, 9.17) is 0 Å². The molecule has 3 aromatic rings. The number of H-pyrrole nitrogens is 1. The summed E-state index contributed by atoms with van der Waals surface area (Å²) in [6, 6.07) is 15.0. The summed E-state index contributed by atoms with van der Waals surface area (Å²) in [5.41, 5.74) is 2.83. The normalized spacial score (nSPS) is 15.3. The highest BCUT2D eigenvalue weighted by Crippen LogP contribution is 2.18. The fourth-order valence-corrected chi connectivity index (χ4v) is 3.90. The zero-order valence-electron chi connectivity index (χ0n) is 16.0. The van der Waals surface area contributed by atoms with E-state index in [2.05, 4.69) is 46.0 Å². The number of fused-ring (bicyclic) bond motifs is 1. The number of hydrogen-bond acceptors (Lipinski definition) is 3. The van der Waals surface area contributed by atoms with Crippen LogP contribution in [0.25, 0.3) is 10.8 Å². The first-order valence-electron chi connectivity index (χ1n) is 9.80. The van der Waals surface area contributed by atoms with E-state index in [0.29, 0.717) is 5.39 Å². The highest BCUT2D eigenvalue weighted by Gasteiger charge is 2.17. The van der Waals surface area contributed by atoms with Crippen molar-refractivity contribution in [3.8, 4) is 0 Å². The first-order chi connectivity index (χ1) is 13.6. The van der Waals surface area contributed by atoms with Crippen LogP contribution in [0, 0.1) is 12.7 Å². The van der Waals surface area contributed by atoms with E-state index >= 15 is 0 Å². The van der Waals surface area contributed by atoms with Gasteiger partial charge in [0.25, 0.3) is 5.56 Å². The molecule has 2 aromatic carbocycles. The van der Waals surface area contributed by atoms with Gasteiger partial charge in [0.1, 0.15) is 5.82 Å². The van der Waals surface area contributed by atoms with E-state index in [1.807, 2.05) is 6.07 Å².